The Morgan fingerprint density at radius 2 is 2.26 bits per heavy atom. The Hall–Kier alpha value is -2.71. The minimum atomic E-state index is 0.147. The second-order valence-corrected chi connectivity index (χ2v) is 9.28. The molecule has 3 aromatic heterocycles. The molecule has 0 saturated carbocycles. The first-order valence-corrected chi connectivity index (χ1v) is 11.4. The molecule has 5 rings (SSSR count). The Labute approximate surface area is 188 Å². The summed E-state index contributed by atoms with van der Waals surface area (Å²) >= 11 is 8.04. The predicted octanol–water partition coefficient (Wildman–Crippen LogP) is 4.82. The van der Waals surface area contributed by atoms with Crippen LogP contribution in [0, 0.1) is 5.92 Å². The first-order chi connectivity index (χ1) is 15.0. The molecule has 0 spiro atoms. The van der Waals surface area contributed by atoms with Crippen molar-refractivity contribution in [2.24, 2.45) is 5.92 Å². The molecule has 0 radical (unpaired) electrons. The van der Waals surface area contributed by atoms with Crippen LogP contribution in [0.2, 0.25) is 5.02 Å². The van der Waals surface area contributed by atoms with E-state index in [-0.39, 0.29) is 5.91 Å². The number of rotatable bonds is 5. The minimum Gasteiger partial charge on any atom is -0.464 e. The van der Waals surface area contributed by atoms with Crippen molar-refractivity contribution in [1.82, 2.24) is 19.4 Å². The Morgan fingerprint density at radius 1 is 1.39 bits per heavy atom. The van der Waals surface area contributed by atoms with E-state index in [1.54, 1.807) is 19.4 Å². The van der Waals surface area contributed by atoms with Gasteiger partial charge in [-0.15, -0.1) is 0 Å². The number of likely N-dealkylation sites (tertiary alicyclic amines) is 1. The van der Waals surface area contributed by atoms with Gasteiger partial charge in [-0.2, -0.15) is 0 Å². The van der Waals surface area contributed by atoms with Gasteiger partial charge in [0.15, 0.2) is 11.0 Å². The quantitative estimate of drug-likeness (QED) is 0.463. The number of imidazole rings is 1. The Bertz CT molecular complexity index is 1280. The van der Waals surface area contributed by atoms with Gasteiger partial charge in [0.1, 0.15) is 11.1 Å². The van der Waals surface area contributed by atoms with Gasteiger partial charge in [-0.05, 0) is 54.8 Å². The van der Waals surface area contributed by atoms with Crippen molar-refractivity contribution in [3.05, 3.63) is 41.7 Å². The highest BCUT2D eigenvalue weighted by molar-refractivity contribution is 7.99. The van der Waals surface area contributed by atoms with Crippen LogP contribution >= 0.6 is 23.4 Å². The molecule has 1 atom stereocenters. The molecule has 4 aromatic rings. The number of fused-ring (bicyclic) bond motifs is 2. The SMILES string of the molecule is CC(=O)N1CCC(CCn2c(Sc3cc4occc4cc3Cl)nc3c(N)nccc32)C1. The third-order valence-corrected chi connectivity index (χ3v) is 7.34. The number of nitrogens with zero attached hydrogens (tertiary/aromatic N) is 4. The highest BCUT2D eigenvalue weighted by Crippen LogP contribution is 2.38. The highest BCUT2D eigenvalue weighted by Gasteiger charge is 2.25. The summed E-state index contributed by atoms with van der Waals surface area (Å²) in [5.41, 5.74) is 8.54. The van der Waals surface area contributed by atoms with E-state index >= 15 is 0 Å². The maximum Gasteiger partial charge on any atom is 0.219 e. The van der Waals surface area contributed by atoms with Crippen LogP contribution in [0.3, 0.4) is 0 Å². The standard InChI is InChI=1S/C22H22ClN5O2S/c1-13(29)27-7-3-14(12-27)4-8-28-17-2-6-25-21(24)20(17)26-22(28)31-19-11-18-15(5-9-30-18)10-16(19)23/h2,5-6,9-11,14H,3-4,7-8,12H2,1H3,(H2,24,25). The summed E-state index contributed by atoms with van der Waals surface area (Å²) in [6, 6.07) is 7.68. The van der Waals surface area contributed by atoms with Crippen LogP contribution in [0.5, 0.6) is 0 Å². The van der Waals surface area contributed by atoms with E-state index in [2.05, 4.69) is 9.55 Å². The van der Waals surface area contributed by atoms with E-state index < -0.39 is 0 Å². The zero-order valence-electron chi connectivity index (χ0n) is 17.0. The zero-order chi connectivity index (χ0) is 21.5. The molecule has 9 heteroatoms. The van der Waals surface area contributed by atoms with E-state index in [4.69, 9.17) is 26.7 Å². The third kappa shape index (κ3) is 3.85. The molecule has 160 valence electrons. The molecule has 7 nitrogen and oxygen atoms in total. The number of nitrogen functional groups attached to an aromatic ring is 1. The molecule has 1 fully saturated rings. The smallest absolute Gasteiger partial charge is 0.219 e. The summed E-state index contributed by atoms with van der Waals surface area (Å²) in [6.07, 6.45) is 5.34. The minimum absolute atomic E-state index is 0.147. The number of amides is 1. The average molecular weight is 456 g/mol. The van der Waals surface area contributed by atoms with Crippen LogP contribution in [-0.4, -0.2) is 38.4 Å². The molecule has 1 aromatic carbocycles. The number of carbonyl (C=O) groups is 1. The van der Waals surface area contributed by atoms with Gasteiger partial charge in [0.25, 0.3) is 0 Å². The fraction of sp³-hybridized carbons (Fsp3) is 0.318. The molecule has 1 aliphatic heterocycles. The summed E-state index contributed by atoms with van der Waals surface area (Å²) in [5.74, 6) is 1.03. The van der Waals surface area contributed by atoms with Gasteiger partial charge < -0.3 is 19.6 Å². The monoisotopic (exact) mass is 455 g/mol. The number of aromatic nitrogens is 3. The summed E-state index contributed by atoms with van der Waals surface area (Å²) in [7, 11) is 0. The van der Waals surface area contributed by atoms with E-state index in [0.29, 0.717) is 22.3 Å². The molecule has 0 aliphatic carbocycles. The van der Waals surface area contributed by atoms with Crippen LogP contribution in [-0.2, 0) is 11.3 Å². The molecule has 0 bridgehead atoms. The first kappa shape index (κ1) is 20.2. The number of pyridine rings is 1. The molecule has 2 N–H and O–H groups in total. The summed E-state index contributed by atoms with van der Waals surface area (Å²) in [4.78, 5) is 23.4. The molecule has 1 unspecified atom stereocenters. The number of halogens is 1. The number of anilines is 1. The summed E-state index contributed by atoms with van der Waals surface area (Å²) < 4.78 is 7.72. The Balaban J connectivity index is 1.46. The number of nitrogens with two attached hydrogens (primary N) is 1. The van der Waals surface area contributed by atoms with Gasteiger partial charge in [-0.1, -0.05) is 11.6 Å². The van der Waals surface area contributed by atoms with Crippen molar-refractivity contribution >= 4 is 57.1 Å². The van der Waals surface area contributed by atoms with Gasteiger partial charge in [-0.3, -0.25) is 4.79 Å². The lowest BCUT2D eigenvalue weighted by atomic mass is 10.1. The van der Waals surface area contributed by atoms with E-state index in [0.717, 1.165) is 59.0 Å². The normalized spacial score (nSPS) is 16.6. The molecule has 1 amide bonds. The number of furan rings is 1. The van der Waals surface area contributed by atoms with Crippen LogP contribution in [0.4, 0.5) is 5.82 Å². The summed E-state index contributed by atoms with van der Waals surface area (Å²) in [5, 5.41) is 2.42. The maximum atomic E-state index is 11.7. The van der Waals surface area contributed by atoms with E-state index in [1.165, 1.54) is 11.8 Å². The molecule has 31 heavy (non-hydrogen) atoms. The van der Waals surface area contributed by atoms with Crippen molar-refractivity contribution in [2.75, 3.05) is 18.8 Å². The third-order valence-electron chi connectivity index (χ3n) is 5.86. The molecular formula is C22H22ClN5O2S. The van der Waals surface area contributed by atoms with Crippen molar-refractivity contribution in [2.45, 2.75) is 36.4 Å². The Kier molecular flexibility index (Phi) is 5.27. The second kappa shape index (κ2) is 8.09. The van der Waals surface area contributed by atoms with Crippen LogP contribution < -0.4 is 5.73 Å². The number of hydrogen-bond acceptors (Lipinski definition) is 6. The number of carbonyl (C=O) groups excluding carboxylic acids is 1. The first-order valence-electron chi connectivity index (χ1n) is 10.2. The van der Waals surface area contributed by atoms with Crippen molar-refractivity contribution in [3.8, 4) is 0 Å². The topological polar surface area (TPSA) is 90.2 Å². The van der Waals surface area contributed by atoms with Gasteiger partial charge >= 0.3 is 0 Å². The largest absolute Gasteiger partial charge is 0.464 e. The number of hydrogen-bond donors (Lipinski definition) is 1. The lowest BCUT2D eigenvalue weighted by molar-refractivity contribution is -0.127. The fourth-order valence-electron chi connectivity index (χ4n) is 4.15. The second-order valence-electron chi connectivity index (χ2n) is 7.86. The highest BCUT2D eigenvalue weighted by atomic mass is 35.5. The van der Waals surface area contributed by atoms with Gasteiger partial charge in [0, 0.05) is 43.0 Å². The van der Waals surface area contributed by atoms with Crippen molar-refractivity contribution in [3.63, 3.8) is 0 Å². The van der Waals surface area contributed by atoms with Crippen molar-refractivity contribution < 1.29 is 9.21 Å². The lowest BCUT2D eigenvalue weighted by Crippen LogP contribution is -2.25. The predicted molar refractivity (Wildman–Crippen MR) is 122 cm³/mol. The average Bonchev–Trinajstić information content (AvgIpc) is 3.46. The molecule has 1 saturated heterocycles. The Morgan fingerprint density at radius 3 is 3.06 bits per heavy atom. The number of benzene rings is 1. The lowest BCUT2D eigenvalue weighted by Gasteiger charge is -2.15. The number of aryl methyl sites for hydroxylation is 1. The molecule has 1 aliphatic rings. The van der Waals surface area contributed by atoms with Crippen LogP contribution in [0.1, 0.15) is 19.8 Å². The van der Waals surface area contributed by atoms with E-state index in [9.17, 15) is 4.79 Å². The van der Waals surface area contributed by atoms with E-state index in [1.807, 2.05) is 29.2 Å². The zero-order valence-corrected chi connectivity index (χ0v) is 18.6. The summed E-state index contributed by atoms with van der Waals surface area (Å²) in [6.45, 7) is 4.06. The fourth-order valence-corrected chi connectivity index (χ4v) is 5.39. The molecule has 4 heterocycles. The van der Waals surface area contributed by atoms with Gasteiger partial charge in [-0.25, -0.2) is 9.97 Å². The van der Waals surface area contributed by atoms with Crippen LogP contribution in [0.15, 0.2) is 51.2 Å². The van der Waals surface area contributed by atoms with Gasteiger partial charge in [0.05, 0.1) is 16.8 Å². The van der Waals surface area contributed by atoms with Gasteiger partial charge in [0.2, 0.25) is 5.91 Å². The van der Waals surface area contributed by atoms with Crippen molar-refractivity contribution in [1.29, 1.82) is 0 Å². The maximum absolute atomic E-state index is 11.7. The van der Waals surface area contributed by atoms with Crippen LogP contribution in [0.25, 0.3) is 22.0 Å². The molecular weight excluding hydrogens is 434 g/mol.